The summed E-state index contributed by atoms with van der Waals surface area (Å²) in [7, 11) is 0. The standard InChI is InChI=1S/C13H12FNO4/c1-8(13(16)17)18-7-12-15-6-11(19-12)9-2-4-10(14)5-3-9/h2-6,8H,7H2,1H3,(H,16,17)/t8-/m0/s1. The predicted molar refractivity (Wildman–Crippen MR) is 63.8 cm³/mol. The van der Waals surface area contributed by atoms with E-state index in [-0.39, 0.29) is 18.3 Å². The lowest BCUT2D eigenvalue weighted by atomic mass is 10.2. The summed E-state index contributed by atoms with van der Waals surface area (Å²) in [6.45, 7) is 1.39. The molecule has 1 aromatic carbocycles. The topological polar surface area (TPSA) is 72.6 Å². The van der Waals surface area contributed by atoms with Gasteiger partial charge < -0.3 is 14.3 Å². The van der Waals surface area contributed by atoms with E-state index in [0.717, 1.165) is 0 Å². The summed E-state index contributed by atoms with van der Waals surface area (Å²) in [4.78, 5) is 14.5. The predicted octanol–water partition coefficient (Wildman–Crippen LogP) is 2.47. The third-order valence-corrected chi connectivity index (χ3v) is 2.49. The van der Waals surface area contributed by atoms with Crippen LogP contribution in [0, 0.1) is 5.82 Å². The number of aliphatic carboxylic acids is 1. The van der Waals surface area contributed by atoms with Crippen LogP contribution in [0.1, 0.15) is 12.8 Å². The first-order chi connectivity index (χ1) is 9.06. The molecule has 1 heterocycles. The molecule has 0 aliphatic heterocycles. The number of rotatable bonds is 5. The highest BCUT2D eigenvalue weighted by molar-refractivity contribution is 5.71. The number of aromatic nitrogens is 1. The molecule has 0 aliphatic rings. The molecule has 2 aromatic rings. The normalized spacial score (nSPS) is 12.3. The molecule has 0 saturated heterocycles. The second-order valence-electron chi connectivity index (χ2n) is 3.92. The van der Waals surface area contributed by atoms with Gasteiger partial charge in [-0.15, -0.1) is 0 Å². The summed E-state index contributed by atoms with van der Waals surface area (Å²) in [5.74, 6) is -0.638. The minimum Gasteiger partial charge on any atom is -0.479 e. The Hall–Kier alpha value is -2.21. The summed E-state index contributed by atoms with van der Waals surface area (Å²) >= 11 is 0. The average molecular weight is 265 g/mol. The molecule has 6 heteroatoms. The van der Waals surface area contributed by atoms with Crippen LogP contribution in [0.15, 0.2) is 34.9 Å². The fraction of sp³-hybridized carbons (Fsp3) is 0.231. The summed E-state index contributed by atoms with van der Waals surface area (Å²) in [6, 6.07) is 5.78. The maximum atomic E-state index is 12.8. The van der Waals surface area contributed by atoms with Gasteiger partial charge in [-0.25, -0.2) is 14.2 Å². The fourth-order valence-corrected chi connectivity index (χ4v) is 1.39. The van der Waals surface area contributed by atoms with Crippen molar-refractivity contribution in [1.82, 2.24) is 4.98 Å². The zero-order valence-electron chi connectivity index (χ0n) is 10.2. The number of oxazole rings is 1. The van der Waals surface area contributed by atoms with Crippen molar-refractivity contribution >= 4 is 5.97 Å². The van der Waals surface area contributed by atoms with Crippen LogP contribution < -0.4 is 0 Å². The molecule has 0 fully saturated rings. The van der Waals surface area contributed by atoms with Crippen LogP contribution in [-0.2, 0) is 16.1 Å². The minimum atomic E-state index is -1.05. The Labute approximate surface area is 108 Å². The lowest BCUT2D eigenvalue weighted by Gasteiger charge is -2.05. The summed E-state index contributed by atoms with van der Waals surface area (Å²) in [6.07, 6.45) is 0.554. The van der Waals surface area contributed by atoms with Gasteiger partial charge in [0.25, 0.3) is 0 Å². The molecule has 1 N–H and O–H groups in total. The van der Waals surface area contributed by atoms with Crippen molar-refractivity contribution in [1.29, 1.82) is 0 Å². The minimum absolute atomic E-state index is 0.0331. The third-order valence-electron chi connectivity index (χ3n) is 2.49. The molecule has 0 aliphatic carbocycles. The number of benzene rings is 1. The van der Waals surface area contributed by atoms with Gasteiger partial charge in [0.2, 0.25) is 5.89 Å². The van der Waals surface area contributed by atoms with Gasteiger partial charge in [-0.1, -0.05) is 0 Å². The lowest BCUT2D eigenvalue weighted by Crippen LogP contribution is -2.19. The van der Waals surface area contributed by atoms with Gasteiger partial charge in [0.1, 0.15) is 12.4 Å². The molecule has 0 unspecified atom stereocenters. The van der Waals surface area contributed by atoms with Crippen molar-refractivity contribution < 1.29 is 23.4 Å². The van der Waals surface area contributed by atoms with E-state index in [1.165, 1.54) is 25.3 Å². The first-order valence-electron chi connectivity index (χ1n) is 5.61. The third kappa shape index (κ3) is 3.38. The number of carbonyl (C=O) groups is 1. The van der Waals surface area contributed by atoms with Crippen LogP contribution in [0.2, 0.25) is 0 Å². The van der Waals surface area contributed by atoms with Crippen LogP contribution in [-0.4, -0.2) is 22.2 Å². The zero-order chi connectivity index (χ0) is 13.8. The maximum absolute atomic E-state index is 12.8. The molecular weight excluding hydrogens is 253 g/mol. The van der Waals surface area contributed by atoms with E-state index in [4.69, 9.17) is 14.3 Å². The Morgan fingerprint density at radius 2 is 2.16 bits per heavy atom. The van der Waals surface area contributed by atoms with E-state index in [0.29, 0.717) is 11.3 Å². The van der Waals surface area contributed by atoms with Gasteiger partial charge in [0.15, 0.2) is 11.9 Å². The van der Waals surface area contributed by atoms with E-state index in [1.807, 2.05) is 0 Å². The zero-order valence-corrected chi connectivity index (χ0v) is 10.2. The first kappa shape index (κ1) is 13.2. The number of ether oxygens (including phenoxy) is 1. The van der Waals surface area contributed by atoms with Crippen LogP contribution in [0.25, 0.3) is 11.3 Å². The van der Waals surface area contributed by atoms with Gasteiger partial charge in [0, 0.05) is 5.56 Å². The highest BCUT2D eigenvalue weighted by Crippen LogP contribution is 2.21. The Morgan fingerprint density at radius 1 is 1.47 bits per heavy atom. The van der Waals surface area contributed by atoms with Crippen LogP contribution >= 0.6 is 0 Å². The van der Waals surface area contributed by atoms with Crippen molar-refractivity contribution in [3.8, 4) is 11.3 Å². The first-order valence-corrected chi connectivity index (χ1v) is 5.61. The molecule has 0 amide bonds. The number of nitrogens with zero attached hydrogens (tertiary/aromatic N) is 1. The van der Waals surface area contributed by atoms with Crippen molar-refractivity contribution in [2.24, 2.45) is 0 Å². The Bertz CT molecular complexity index is 564. The van der Waals surface area contributed by atoms with E-state index in [2.05, 4.69) is 4.98 Å². The van der Waals surface area contributed by atoms with Gasteiger partial charge in [-0.2, -0.15) is 0 Å². The Kier molecular flexibility index (Phi) is 3.91. The van der Waals surface area contributed by atoms with Crippen LogP contribution in [0.5, 0.6) is 0 Å². The van der Waals surface area contributed by atoms with E-state index in [1.54, 1.807) is 12.1 Å². The highest BCUT2D eigenvalue weighted by atomic mass is 19.1. The van der Waals surface area contributed by atoms with E-state index >= 15 is 0 Å². The molecule has 0 bridgehead atoms. The monoisotopic (exact) mass is 265 g/mol. The second kappa shape index (κ2) is 5.62. The Balaban J connectivity index is 2.03. The van der Waals surface area contributed by atoms with Crippen molar-refractivity contribution in [3.63, 3.8) is 0 Å². The fourth-order valence-electron chi connectivity index (χ4n) is 1.39. The van der Waals surface area contributed by atoms with E-state index < -0.39 is 12.1 Å². The van der Waals surface area contributed by atoms with Crippen molar-refractivity contribution in [2.45, 2.75) is 19.6 Å². The summed E-state index contributed by atoms with van der Waals surface area (Å²) in [5, 5.41) is 8.66. The lowest BCUT2D eigenvalue weighted by molar-refractivity contribution is -0.150. The largest absolute Gasteiger partial charge is 0.479 e. The molecule has 19 heavy (non-hydrogen) atoms. The molecule has 0 radical (unpaired) electrons. The van der Waals surface area contributed by atoms with Crippen LogP contribution in [0.4, 0.5) is 4.39 Å². The maximum Gasteiger partial charge on any atom is 0.332 e. The summed E-state index contributed by atoms with van der Waals surface area (Å²) < 4.78 is 23.2. The number of carboxylic acids is 1. The SMILES string of the molecule is C[C@H](OCc1ncc(-c2ccc(F)cc2)o1)C(=O)O. The van der Waals surface area contributed by atoms with E-state index in [9.17, 15) is 9.18 Å². The number of hydrogen-bond acceptors (Lipinski definition) is 4. The smallest absolute Gasteiger partial charge is 0.332 e. The van der Waals surface area contributed by atoms with Crippen molar-refractivity contribution in [2.75, 3.05) is 0 Å². The number of hydrogen-bond donors (Lipinski definition) is 1. The molecule has 0 saturated carbocycles. The molecule has 5 nitrogen and oxygen atoms in total. The van der Waals surface area contributed by atoms with Gasteiger partial charge >= 0.3 is 5.97 Å². The highest BCUT2D eigenvalue weighted by Gasteiger charge is 2.13. The molecule has 1 aromatic heterocycles. The van der Waals surface area contributed by atoms with Crippen molar-refractivity contribution in [3.05, 3.63) is 42.2 Å². The van der Waals surface area contributed by atoms with Gasteiger partial charge in [-0.3, -0.25) is 0 Å². The average Bonchev–Trinajstić information content (AvgIpc) is 2.85. The molecular formula is C13H12FNO4. The molecule has 2 rings (SSSR count). The summed E-state index contributed by atoms with van der Waals surface area (Å²) in [5.41, 5.74) is 0.687. The van der Waals surface area contributed by atoms with Gasteiger partial charge in [0.05, 0.1) is 6.20 Å². The van der Waals surface area contributed by atoms with Gasteiger partial charge in [-0.05, 0) is 31.2 Å². The number of halogens is 1. The van der Waals surface area contributed by atoms with Crippen LogP contribution in [0.3, 0.4) is 0 Å². The quantitative estimate of drug-likeness (QED) is 0.899. The second-order valence-corrected chi connectivity index (χ2v) is 3.92. The molecule has 100 valence electrons. The Morgan fingerprint density at radius 3 is 2.79 bits per heavy atom. The number of carboxylic acid groups (broad SMARTS) is 1. The molecule has 1 atom stereocenters. The molecule has 0 spiro atoms.